The van der Waals surface area contributed by atoms with E-state index in [0.29, 0.717) is 25.9 Å². The lowest BCUT2D eigenvalue weighted by molar-refractivity contribution is -0.115. The summed E-state index contributed by atoms with van der Waals surface area (Å²) in [6.45, 7) is 3.79. The zero-order valence-electron chi connectivity index (χ0n) is 14.4. The standard InChI is InChI=1S/C18H15Cl3N4OS/c1-10-5-3-4-6-16(10)25-9-22-24-18(25)27-11(2)17(26)23-15-8-13(20)12(19)7-14(15)21/h3-9,11H,1-2H3,(H,23,26). The van der Waals surface area contributed by atoms with E-state index in [1.165, 1.54) is 23.9 Å². The summed E-state index contributed by atoms with van der Waals surface area (Å²) in [5, 5.41) is 12.0. The molecule has 0 radical (unpaired) electrons. The summed E-state index contributed by atoms with van der Waals surface area (Å²) in [4.78, 5) is 12.6. The molecule has 1 heterocycles. The monoisotopic (exact) mass is 440 g/mol. The quantitative estimate of drug-likeness (QED) is 0.410. The summed E-state index contributed by atoms with van der Waals surface area (Å²) < 4.78 is 1.86. The number of amides is 1. The summed E-state index contributed by atoms with van der Waals surface area (Å²) in [5.74, 6) is -0.236. The second kappa shape index (κ2) is 8.52. The third kappa shape index (κ3) is 4.58. The molecule has 3 rings (SSSR count). The van der Waals surface area contributed by atoms with E-state index in [-0.39, 0.29) is 5.91 Å². The number of nitrogens with zero attached hydrogens (tertiary/aromatic N) is 3. The Hall–Kier alpha value is -1.73. The van der Waals surface area contributed by atoms with Gasteiger partial charge in [-0.15, -0.1) is 10.2 Å². The molecule has 0 fully saturated rings. The van der Waals surface area contributed by atoms with Crippen molar-refractivity contribution in [1.82, 2.24) is 14.8 Å². The molecule has 1 atom stereocenters. The van der Waals surface area contributed by atoms with Gasteiger partial charge < -0.3 is 5.32 Å². The zero-order chi connectivity index (χ0) is 19.6. The largest absolute Gasteiger partial charge is 0.324 e. The molecule has 1 N–H and O–H groups in total. The Kier molecular flexibility index (Phi) is 6.32. The van der Waals surface area contributed by atoms with Crippen molar-refractivity contribution >= 4 is 58.2 Å². The maximum Gasteiger partial charge on any atom is 0.237 e. The van der Waals surface area contributed by atoms with Crippen molar-refractivity contribution in [2.45, 2.75) is 24.3 Å². The summed E-state index contributed by atoms with van der Waals surface area (Å²) in [7, 11) is 0. The highest BCUT2D eigenvalue weighted by molar-refractivity contribution is 8.00. The molecule has 1 aromatic heterocycles. The molecular weight excluding hydrogens is 427 g/mol. The maximum absolute atomic E-state index is 12.6. The van der Waals surface area contributed by atoms with Crippen LogP contribution in [0.4, 0.5) is 5.69 Å². The number of carbonyl (C=O) groups excluding carboxylic acids is 1. The first kappa shape index (κ1) is 20.0. The van der Waals surface area contributed by atoms with Crippen molar-refractivity contribution in [3.8, 4) is 5.69 Å². The molecule has 3 aromatic rings. The van der Waals surface area contributed by atoms with E-state index >= 15 is 0 Å². The number of nitrogens with one attached hydrogen (secondary N) is 1. The van der Waals surface area contributed by atoms with Crippen LogP contribution in [0.2, 0.25) is 15.1 Å². The maximum atomic E-state index is 12.6. The van der Waals surface area contributed by atoms with Gasteiger partial charge in [-0.2, -0.15) is 0 Å². The van der Waals surface area contributed by atoms with Crippen molar-refractivity contribution in [3.63, 3.8) is 0 Å². The molecule has 0 saturated carbocycles. The van der Waals surface area contributed by atoms with Gasteiger partial charge in [0.2, 0.25) is 5.91 Å². The lowest BCUT2D eigenvalue weighted by Crippen LogP contribution is -2.23. The van der Waals surface area contributed by atoms with Gasteiger partial charge in [0.05, 0.1) is 31.7 Å². The molecule has 140 valence electrons. The van der Waals surface area contributed by atoms with Crippen molar-refractivity contribution in [1.29, 1.82) is 0 Å². The first-order valence-corrected chi connectivity index (χ1v) is 9.96. The van der Waals surface area contributed by atoms with Crippen LogP contribution in [0.15, 0.2) is 47.9 Å². The van der Waals surface area contributed by atoms with E-state index in [0.717, 1.165) is 11.3 Å². The van der Waals surface area contributed by atoms with Gasteiger partial charge in [0.1, 0.15) is 6.33 Å². The number of aryl methyl sites for hydroxylation is 1. The summed E-state index contributed by atoms with van der Waals surface area (Å²) >= 11 is 19.3. The van der Waals surface area contributed by atoms with Crippen LogP contribution in [0, 0.1) is 6.92 Å². The average Bonchev–Trinajstić information content (AvgIpc) is 3.07. The molecule has 0 bridgehead atoms. The second-order valence-electron chi connectivity index (χ2n) is 5.77. The van der Waals surface area contributed by atoms with Crippen LogP contribution in [0.1, 0.15) is 12.5 Å². The lowest BCUT2D eigenvalue weighted by Gasteiger charge is -2.14. The van der Waals surface area contributed by atoms with E-state index in [1.54, 1.807) is 13.3 Å². The minimum atomic E-state index is -0.442. The Morgan fingerprint density at radius 1 is 1.15 bits per heavy atom. The van der Waals surface area contributed by atoms with Crippen LogP contribution in [-0.4, -0.2) is 25.9 Å². The summed E-state index contributed by atoms with van der Waals surface area (Å²) in [5.41, 5.74) is 2.45. The number of thioether (sulfide) groups is 1. The molecule has 1 amide bonds. The number of halogens is 3. The van der Waals surface area contributed by atoms with Crippen molar-refractivity contribution < 1.29 is 4.79 Å². The molecule has 1 unspecified atom stereocenters. The van der Waals surface area contributed by atoms with Gasteiger partial charge in [-0.1, -0.05) is 64.8 Å². The molecule has 9 heteroatoms. The average molecular weight is 442 g/mol. The van der Waals surface area contributed by atoms with E-state index in [9.17, 15) is 4.79 Å². The van der Waals surface area contributed by atoms with Gasteiger partial charge in [-0.3, -0.25) is 9.36 Å². The minimum Gasteiger partial charge on any atom is -0.324 e. The fraction of sp³-hybridized carbons (Fsp3) is 0.167. The summed E-state index contributed by atoms with van der Waals surface area (Å²) in [6, 6.07) is 10.9. The van der Waals surface area contributed by atoms with Gasteiger partial charge in [0, 0.05) is 0 Å². The Labute approximate surface area is 176 Å². The molecule has 0 aliphatic rings. The fourth-order valence-corrected chi connectivity index (χ4v) is 3.80. The van der Waals surface area contributed by atoms with Crippen LogP contribution >= 0.6 is 46.6 Å². The van der Waals surface area contributed by atoms with Crippen LogP contribution < -0.4 is 5.32 Å². The molecular formula is C18H15Cl3N4OS. The van der Waals surface area contributed by atoms with Gasteiger partial charge >= 0.3 is 0 Å². The van der Waals surface area contributed by atoms with Crippen LogP contribution in [0.5, 0.6) is 0 Å². The van der Waals surface area contributed by atoms with Gasteiger partial charge in [0.25, 0.3) is 0 Å². The third-order valence-electron chi connectivity index (χ3n) is 3.81. The number of para-hydroxylation sites is 1. The Balaban J connectivity index is 1.76. The Morgan fingerprint density at radius 2 is 1.85 bits per heavy atom. The minimum absolute atomic E-state index is 0.236. The lowest BCUT2D eigenvalue weighted by atomic mass is 10.2. The van der Waals surface area contributed by atoms with Crippen molar-refractivity contribution in [2.75, 3.05) is 5.32 Å². The van der Waals surface area contributed by atoms with Gasteiger partial charge in [-0.05, 0) is 37.6 Å². The first-order valence-electron chi connectivity index (χ1n) is 7.95. The predicted octanol–water partition coefficient (Wildman–Crippen LogP) is 5.66. The number of carbonyl (C=O) groups is 1. The molecule has 0 saturated heterocycles. The normalized spacial score (nSPS) is 12.0. The van der Waals surface area contributed by atoms with Crippen LogP contribution in [0.3, 0.4) is 0 Å². The highest BCUT2D eigenvalue weighted by Gasteiger charge is 2.20. The molecule has 0 spiro atoms. The molecule has 2 aromatic carbocycles. The van der Waals surface area contributed by atoms with E-state index < -0.39 is 5.25 Å². The topological polar surface area (TPSA) is 59.8 Å². The van der Waals surface area contributed by atoms with E-state index in [4.69, 9.17) is 34.8 Å². The highest BCUT2D eigenvalue weighted by Crippen LogP contribution is 2.33. The SMILES string of the molecule is Cc1ccccc1-n1cnnc1SC(C)C(=O)Nc1cc(Cl)c(Cl)cc1Cl. The van der Waals surface area contributed by atoms with E-state index in [2.05, 4.69) is 15.5 Å². The molecule has 0 aliphatic heterocycles. The van der Waals surface area contributed by atoms with Crippen molar-refractivity contribution in [3.05, 3.63) is 63.4 Å². The zero-order valence-corrected chi connectivity index (χ0v) is 17.5. The van der Waals surface area contributed by atoms with Gasteiger partial charge in [0.15, 0.2) is 5.16 Å². The first-order chi connectivity index (χ1) is 12.9. The fourth-order valence-electron chi connectivity index (χ4n) is 2.37. The third-order valence-corrected chi connectivity index (χ3v) is 5.90. The number of hydrogen-bond donors (Lipinski definition) is 1. The number of benzene rings is 2. The molecule has 5 nitrogen and oxygen atoms in total. The van der Waals surface area contributed by atoms with Crippen LogP contribution in [-0.2, 0) is 4.79 Å². The van der Waals surface area contributed by atoms with Gasteiger partial charge in [-0.25, -0.2) is 0 Å². The smallest absolute Gasteiger partial charge is 0.237 e. The Bertz CT molecular complexity index is 992. The predicted molar refractivity (Wildman–Crippen MR) is 112 cm³/mol. The number of aromatic nitrogens is 3. The second-order valence-corrected chi connectivity index (χ2v) is 8.30. The van der Waals surface area contributed by atoms with E-state index in [1.807, 2.05) is 35.8 Å². The van der Waals surface area contributed by atoms with Crippen LogP contribution in [0.25, 0.3) is 5.69 Å². The number of anilines is 1. The molecule has 27 heavy (non-hydrogen) atoms. The summed E-state index contributed by atoms with van der Waals surface area (Å²) in [6.07, 6.45) is 1.63. The highest BCUT2D eigenvalue weighted by atomic mass is 35.5. The number of hydrogen-bond acceptors (Lipinski definition) is 4. The number of rotatable bonds is 5. The van der Waals surface area contributed by atoms with Crippen molar-refractivity contribution in [2.24, 2.45) is 0 Å². The Morgan fingerprint density at radius 3 is 2.59 bits per heavy atom. The molecule has 0 aliphatic carbocycles.